The quantitative estimate of drug-likeness (QED) is 0.422. The molecule has 0 radical (unpaired) electrons. The van der Waals surface area contributed by atoms with Crippen molar-refractivity contribution in [1.29, 1.82) is 0 Å². The molecule has 0 aliphatic rings. The molecule has 0 unspecified atom stereocenters. The van der Waals surface area contributed by atoms with Gasteiger partial charge in [0.2, 0.25) is 5.82 Å². The Balaban J connectivity index is 2.08. The molecule has 0 fully saturated rings. The standard InChI is InChI=1S/C18H21ClN4O4/c1-11(20-17(24)27-18(2,3)4)12-5-7-13(8-6-12)21-16-14(23(25)26)9-10-15(19)22-16/h5-11H,1-4H3,(H,20,24)(H,21,22)/t11-/m0/s1. The van der Waals surface area contributed by atoms with Crippen LogP contribution in [-0.4, -0.2) is 21.6 Å². The Hall–Kier alpha value is -2.87. The predicted molar refractivity (Wildman–Crippen MR) is 103 cm³/mol. The van der Waals surface area contributed by atoms with Crippen molar-refractivity contribution in [3.05, 3.63) is 57.2 Å². The first kappa shape index (κ1) is 20.4. The van der Waals surface area contributed by atoms with Crippen LogP contribution in [-0.2, 0) is 4.74 Å². The average molecular weight is 393 g/mol. The van der Waals surface area contributed by atoms with E-state index in [1.807, 2.05) is 6.92 Å². The van der Waals surface area contributed by atoms with Crippen LogP contribution in [0.5, 0.6) is 0 Å². The first-order valence-corrected chi connectivity index (χ1v) is 8.60. The van der Waals surface area contributed by atoms with E-state index in [-0.39, 0.29) is 22.7 Å². The second kappa shape index (κ2) is 8.22. The smallest absolute Gasteiger partial charge is 0.408 e. The highest BCUT2D eigenvalue weighted by Gasteiger charge is 2.19. The van der Waals surface area contributed by atoms with Crippen LogP contribution in [0.3, 0.4) is 0 Å². The molecule has 1 aromatic heterocycles. The molecule has 27 heavy (non-hydrogen) atoms. The lowest BCUT2D eigenvalue weighted by Gasteiger charge is -2.22. The summed E-state index contributed by atoms with van der Waals surface area (Å²) in [6.45, 7) is 7.21. The fraction of sp³-hybridized carbons (Fsp3) is 0.333. The Morgan fingerprint density at radius 3 is 2.41 bits per heavy atom. The lowest BCUT2D eigenvalue weighted by molar-refractivity contribution is -0.384. The van der Waals surface area contributed by atoms with E-state index in [1.54, 1.807) is 45.0 Å². The van der Waals surface area contributed by atoms with Crippen LogP contribution in [0.25, 0.3) is 0 Å². The first-order chi connectivity index (χ1) is 12.5. The van der Waals surface area contributed by atoms with Crippen molar-refractivity contribution in [2.45, 2.75) is 39.3 Å². The molecule has 0 saturated heterocycles. The molecule has 9 heteroatoms. The van der Waals surface area contributed by atoms with Crippen LogP contribution in [0.4, 0.5) is 22.0 Å². The zero-order valence-electron chi connectivity index (χ0n) is 15.4. The van der Waals surface area contributed by atoms with E-state index in [2.05, 4.69) is 15.6 Å². The molecule has 2 aromatic rings. The number of amides is 1. The van der Waals surface area contributed by atoms with Crippen molar-refractivity contribution in [3.63, 3.8) is 0 Å². The number of pyridine rings is 1. The number of anilines is 2. The van der Waals surface area contributed by atoms with Crippen molar-refractivity contribution in [1.82, 2.24) is 10.3 Å². The van der Waals surface area contributed by atoms with Crippen molar-refractivity contribution in [2.75, 3.05) is 5.32 Å². The number of nitrogens with one attached hydrogen (secondary N) is 2. The molecule has 144 valence electrons. The van der Waals surface area contributed by atoms with Crippen LogP contribution >= 0.6 is 11.6 Å². The number of benzene rings is 1. The molecular weight excluding hydrogens is 372 g/mol. The Morgan fingerprint density at radius 1 is 1.22 bits per heavy atom. The highest BCUT2D eigenvalue weighted by molar-refractivity contribution is 6.29. The average Bonchev–Trinajstić information content (AvgIpc) is 2.53. The van der Waals surface area contributed by atoms with Crippen molar-refractivity contribution in [2.24, 2.45) is 0 Å². The van der Waals surface area contributed by atoms with Gasteiger partial charge in [0.15, 0.2) is 0 Å². The summed E-state index contributed by atoms with van der Waals surface area (Å²) >= 11 is 5.82. The summed E-state index contributed by atoms with van der Waals surface area (Å²) < 4.78 is 5.23. The second-order valence-corrected chi connectivity index (χ2v) is 7.26. The van der Waals surface area contributed by atoms with Gasteiger partial charge in [0.1, 0.15) is 10.8 Å². The summed E-state index contributed by atoms with van der Waals surface area (Å²) in [7, 11) is 0. The van der Waals surface area contributed by atoms with E-state index in [1.165, 1.54) is 12.1 Å². The number of rotatable bonds is 5. The van der Waals surface area contributed by atoms with Gasteiger partial charge in [-0.2, -0.15) is 0 Å². The molecule has 1 atom stereocenters. The lowest BCUT2D eigenvalue weighted by Crippen LogP contribution is -2.34. The topological polar surface area (TPSA) is 106 Å². The minimum absolute atomic E-state index is 0.0557. The third kappa shape index (κ3) is 6.10. The number of alkyl carbamates (subject to hydrolysis) is 1. The summed E-state index contributed by atoms with van der Waals surface area (Å²) in [6, 6.07) is 9.43. The molecule has 1 amide bonds. The number of halogens is 1. The number of hydrogen-bond donors (Lipinski definition) is 2. The van der Waals surface area contributed by atoms with Crippen molar-refractivity contribution < 1.29 is 14.5 Å². The van der Waals surface area contributed by atoms with Gasteiger partial charge in [0.25, 0.3) is 0 Å². The maximum absolute atomic E-state index is 11.9. The van der Waals surface area contributed by atoms with Gasteiger partial charge in [-0.15, -0.1) is 0 Å². The van der Waals surface area contributed by atoms with Gasteiger partial charge in [0.05, 0.1) is 11.0 Å². The summed E-state index contributed by atoms with van der Waals surface area (Å²) in [6.07, 6.45) is -0.504. The molecular formula is C18H21ClN4O4. The van der Waals surface area contributed by atoms with E-state index >= 15 is 0 Å². The second-order valence-electron chi connectivity index (χ2n) is 6.87. The molecule has 0 aliphatic carbocycles. The zero-order chi connectivity index (χ0) is 20.2. The minimum Gasteiger partial charge on any atom is -0.444 e. The molecule has 2 N–H and O–H groups in total. The van der Waals surface area contributed by atoms with Crippen molar-refractivity contribution in [3.8, 4) is 0 Å². The molecule has 8 nitrogen and oxygen atoms in total. The third-order valence-corrected chi connectivity index (χ3v) is 3.65. The minimum atomic E-state index is -0.573. The predicted octanol–water partition coefficient (Wildman–Crippen LogP) is 4.97. The molecule has 1 aromatic carbocycles. The number of nitrogens with zero attached hydrogens (tertiary/aromatic N) is 2. The summed E-state index contributed by atoms with van der Waals surface area (Å²) in [5.74, 6) is 0.0557. The van der Waals surface area contributed by atoms with Crippen LogP contribution in [0.15, 0.2) is 36.4 Å². The molecule has 0 saturated carbocycles. The number of aromatic nitrogens is 1. The van der Waals surface area contributed by atoms with Crippen LogP contribution in [0.1, 0.15) is 39.3 Å². The molecule has 0 spiro atoms. The zero-order valence-corrected chi connectivity index (χ0v) is 16.2. The van der Waals surface area contributed by atoms with Crippen LogP contribution < -0.4 is 10.6 Å². The van der Waals surface area contributed by atoms with Crippen LogP contribution in [0, 0.1) is 10.1 Å². The third-order valence-electron chi connectivity index (χ3n) is 3.44. The van der Waals surface area contributed by atoms with Crippen LogP contribution in [0.2, 0.25) is 5.15 Å². The van der Waals surface area contributed by atoms with Gasteiger partial charge >= 0.3 is 11.8 Å². The summed E-state index contributed by atoms with van der Waals surface area (Å²) in [4.78, 5) is 26.4. The summed E-state index contributed by atoms with van der Waals surface area (Å²) in [5, 5.41) is 16.9. The monoisotopic (exact) mass is 392 g/mol. The van der Waals surface area contributed by atoms with Gasteiger partial charge < -0.3 is 15.4 Å². The molecule has 0 aliphatic heterocycles. The normalized spacial score (nSPS) is 12.2. The maximum Gasteiger partial charge on any atom is 0.408 e. The number of hydrogen-bond acceptors (Lipinski definition) is 6. The van der Waals surface area contributed by atoms with E-state index in [0.717, 1.165) is 5.56 Å². The van der Waals surface area contributed by atoms with E-state index in [4.69, 9.17) is 16.3 Å². The fourth-order valence-corrected chi connectivity index (χ4v) is 2.37. The van der Waals surface area contributed by atoms with E-state index in [0.29, 0.717) is 5.69 Å². The highest BCUT2D eigenvalue weighted by atomic mass is 35.5. The Kier molecular flexibility index (Phi) is 6.22. The largest absolute Gasteiger partial charge is 0.444 e. The number of ether oxygens (including phenoxy) is 1. The van der Waals surface area contributed by atoms with Crippen molar-refractivity contribution >= 4 is 34.9 Å². The van der Waals surface area contributed by atoms with Gasteiger partial charge in [-0.1, -0.05) is 23.7 Å². The Bertz CT molecular complexity index is 834. The van der Waals surface area contributed by atoms with Gasteiger partial charge in [0, 0.05) is 11.8 Å². The highest BCUT2D eigenvalue weighted by Crippen LogP contribution is 2.27. The van der Waals surface area contributed by atoms with Gasteiger partial charge in [-0.25, -0.2) is 9.78 Å². The maximum atomic E-state index is 11.9. The molecule has 0 bridgehead atoms. The Labute approximate surface area is 162 Å². The Morgan fingerprint density at radius 2 is 1.85 bits per heavy atom. The number of carbonyl (C=O) groups is 1. The van der Waals surface area contributed by atoms with Gasteiger partial charge in [-0.05, 0) is 51.5 Å². The SMILES string of the molecule is C[C@H](NC(=O)OC(C)(C)C)c1ccc(Nc2nc(Cl)ccc2[N+](=O)[O-])cc1. The number of carbonyl (C=O) groups excluding carboxylic acids is 1. The first-order valence-electron chi connectivity index (χ1n) is 8.22. The summed E-state index contributed by atoms with van der Waals surface area (Å²) in [5.41, 5.74) is 0.695. The van der Waals surface area contributed by atoms with E-state index in [9.17, 15) is 14.9 Å². The van der Waals surface area contributed by atoms with Gasteiger partial charge in [-0.3, -0.25) is 10.1 Å². The molecule has 2 rings (SSSR count). The van der Waals surface area contributed by atoms with E-state index < -0.39 is 16.6 Å². The fourth-order valence-electron chi connectivity index (χ4n) is 2.23. The lowest BCUT2D eigenvalue weighted by atomic mass is 10.1. The molecule has 1 heterocycles. The number of nitro groups is 1.